The number of urea groups is 1. The number of carboxylic acids is 1. The lowest BCUT2D eigenvalue weighted by atomic mass is 9.99. The van der Waals surface area contributed by atoms with Crippen LogP contribution in [0.3, 0.4) is 0 Å². The van der Waals surface area contributed by atoms with Gasteiger partial charge in [-0.2, -0.15) is 0 Å². The summed E-state index contributed by atoms with van der Waals surface area (Å²) < 4.78 is 0. The quantitative estimate of drug-likeness (QED) is 0.864. The van der Waals surface area contributed by atoms with Gasteiger partial charge in [0.25, 0.3) is 0 Å². The first-order valence-electron chi connectivity index (χ1n) is 6.81. The molecule has 1 fully saturated rings. The number of amides is 2. The molecule has 0 spiro atoms. The maximum Gasteiger partial charge on any atom is 0.317 e. The molecule has 0 saturated carbocycles. The fourth-order valence-electron chi connectivity index (χ4n) is 2.34. The van der Waals surface area contributed by atoms with Gasteiger partial charge in [-0.15, -0.1) is 0 Å². The number of aromatic nitrogens is 1. The van der Waals surface area contributed by atoms with E-state index in [2.05, 4.69) is 10.3 Å². The Hall–Kier alpha value is -2.11. The SMILES string of the molecule is O=C(O)[C@@H]1CCCN(C(=O)NCCc2ccncc2)C1. The number of nitrogens with one attached hydrogen (secondary N) is 1. The Balaban J connectivity index is 1.75. The normalized spacial score (nSPS) is 18.6. The highest BCUT2D eigenvalue weighted by Crippen LogP contribution is 2.16. The Bertz CT molecular complexity index is 464. The maximum absolute atomic E-state index is 12.0. The number of carbonyl (C=O) groups excluding carboxylic acids is 1. The van der Waals surface area contributed by atoms with Gasteiger partial charge in [-0.25, -0.2) is 4.79 Å². The molecule has 108 valence electrons. The molecule has 6 nitrogen and oxygen atoms in total. The van der Waals surface area contributed by atoms with E-state index in [0.29, 0.717) is 26.1 Å². The molecule has 2 heterocycles. The van der Waals surface area contributed by atoms with Gasteiger partial charge >= 0.3 is 12.0 Å². The minimum atomic E-state index is -0.820. The van der Waals surface area contributed by atoms with Crippen molar-refractivity contribution in [2.45, 2.75) is 19.3 Å². The number of piperidine rings is 1. The van der Waals surface area contributed by atoms with E-state index in [0.717, 1.165) is 18.4 Å². The molecule has 0 aliphatic carbocycles. The number of hydrogen-bond acceptors (Lipinski definition) is 3. The van der Waals surface area contributed by atoms with Crippen LogP contribution in [-0.4, -0.2) is 46.6 Å². The van der Waals surface area contributed by atoms with E-state index in [9.17, 15) is 9.59 Å². The van der Waals surface area contributed by atoms with Gasteiger partial charge in [-0.05, 0) is 37.0 Å². The third-order valence-electron chi connectivity index (χ3n) is 3.50. The Morgan fingerprint density at radius 3 is 2.85 bits per heavy atom. The topological polar surface area (TPSA) is 82.5 Å². The third-order valence-corrected chi connectivity index (χ3v) is 3.50. The van der Waals surface area contributed by atoms with E-state index in [1.54, 1.807) is 17.3 Å². The number of carboxylic acid groups (broad SMARTS) is 1. The summed E-state index contributed by atoms with van der Waals surface area (Å²) in [7, 11) is 0. The molecular weight excluding hydrogens is 258 g/mol. The van der Waals surface area contributed by atoms with Crippen molar-refractivity contribution in [1.82, 2.24) is 15.2 Å². The first kappa shape index (κ1) is 14.3. The van der Waals surface area contributed by atoms with E-state index >= 15 is 0 Å². The molecule has 2 rings (SSSR count). The van der Waals surface area contributed by atoms with Crippen molar-refractivity contribution in [3.8, 4) is 0 Å². The largest absolute Gasteiger partial charge is 0.481 e. The van der Waals surface area contributed by atoms with Crippen molar-refractivity contribution in [3.05, 3.63) is 30.1 Å². The van der Waals surface area contributed by atoms with E-state index in [1.807, 2.05) is 12.1 Å². The Labute approximate surface area is 117 Å². The van der Waals surface area contributed by atoms with E-state index in [4.69, 9.17) is 5.11 Å². The summed E-state index contributed by atoms with van der Waals surface area (Å²) in [6.07, 6.45) is 5.58. The van der Waals surface area contributed by atoms with Crippen LogP contribution in [0.15, 0.2) is 24.5 Å². The predicted octanol–water partition coefficient (Wildman–Crippen LogP) is 1.13. The molecule has 1 aliphatic rings. The van der Waals surface area contributed by atoms with Crippen LogP contribution < -0.4 is 5.32 Å². The maximum atomic E-state index is 12.0. The van der Waals surface area contributed by atoms with Gasteiger partial charge in [-0.1, -0.05) is 0 Å². The van der Waals surface area contributed by atoms with Gasteiger partial charge in [0.15, 0.2) is 0 Å². The second-order valence-electron chi connectivity index (χ2n) is 4.96. The van der Waals surface area contributed by atoms with Crippen molar-refractivity contribution >= 4 is 12.0 Å². The number of rotatable bonds is 4. The van der Waals surface area contributed by atoms with Crippen molar-refractivity contribution < 1.29 is 14.7 Å². The predicted molar refractivity (Wildman–Crippen MR) is 73.3 cm³/mol. The van der Waals surface area contributed by atoms with Crippen molar-refractivity contribution in [3.63, 3.8) is 0 Å². The summed E-state index contributed by atoms with van der Waals surface area (Å²) in [5, 5.41) is 11.8. The zero-order valence-electron chi connectivity index (χ0n) is 11.3. The first-order chi connectivity index (χ1) is 9.66. The highest BCUT2D eigenvalue weighted by Gasteiger charge is 2.27. The molecule has 1 saturated heterocycles. The monoisotopic (exact) mass is 277 g/mol. The molecule has 1 aromatic heterocycles. The minimum absolute atomic E-state index is 0.176. The second-order valence-corrected chi connectivity index (χ2v) is 4.96. The molecular formula is C14H19N3O3. The van der Waals surface area contributed by atoms with Crippen LogP contribution in [0.4, 0.5) is 4.79 Å². The standard InChI is InChI=1S/C14H19N3O3/c18-13(19)12-2-1-9-17(10-12)14(20)16-8-5-11-3-6-15-7-4-11/h3-4,6-7,12H,1-2,5,8-10H2,(H,16,20)(H,18,19)/t12-/m1/s1. The van der Waals surface area contributed by atoms with Gasteiger partial charge in [-0.3, -0.25) is 9.78 Å². The van der Waals surface area contributed by atoms with Gasteiger partial charge in [0.2, 0.25) is 0 Å². The van der Waals surface area contributed by atoms with E-state index in [1.165, 1.54) is 0 Å². The van der Waals surface area contributed by atoms with Crippen LogP contribution >= 0.6 is 0 Å². The molecule has 1 aliphatic heterocycles. The molecule has 0 aromatic carbocycles. The lowest BCUT2D eigenvalue weighted by Gasteiger charge is -2.30. The molecule has 20 heavy (non-hydrogen) atoms. The van der Waals surface area contributed by atoms with Crippen molar-refractivity contribution in [2.75, 3.05) is 19.6 Å². The molecule has 1 atom stereocenters. The fraction of sp³-hybridized carbons (Fsp3) is 0.500. The summed E-state index contributed by atoms with van der Waals surface area (Å²) in [4.78, 5) is 28.5. The summed E-state index contributed by atoms with van der Waals surface area (Å²) in [5.74, 6) is -1.26. The van der Waals surface area contributed by atoms with Crippen molar-refractivity contribution in [2.24, 2.45) is 5.92 Å². The zero-order valence-corrected chi connectivity index (χ0v) is 11.3. The lowest BCUT2D eigenvalue weighted by molar-refractivity contribution is -0.143. The highest BCUT2D eigenvalue weighted by molar-refractivity contribution is 5.76. The van der Waals surface area contributed by atoms with E-state index in [-0.39, 0.29) is 6.03 Å². The van der Waals surface area contributed by atoms with Gasteiger partial charge in [0, 0.05) is 32.0 Å². The molecule has 2 amide bonds. The molecule has 1 aromatic rings. The summed E-state index contributed by atoms with van der Waals surface area (Å²) in [6, 6.07) is 3.64. The van der Waals surface area contributed by atoms with Crippen LogP contribution in [0, 0.1) is 5.92 Å². The molecule has 2 N–H and O–H groups in total. The van der Waals surface area contributed by atoms with Crippen LogP contribution in [0.2, 0.25) is 0 Å². The average Bonchev–Trinajstić information content (AvgIpc) is 2.48. The van der Waals surface area contributed by atoms with Crippen molar-refractivity contribution in [1.29, 1.82) is 0 Å². The number of hydrogen-bond donors (Lipinski definition) is 2. The molecule has 0 radical (unpaired) electrons. The molecule has 6 heteroatoms. The zero-order chi connectivity index (χ0) is 14.4. The number of likely N-dealkylation sites (tertiary alicyclic amines) is 1. The van der Waals surface area contributed by atoms with Gasteiger partial charge in [0.1, 0.15) is 0 Å². The van der Waals surface area contributed by atoms with Crippen LogP contribution in [-0.2, 0) is 11.2 Å². The number of aliphatic carboxylic acids is 1. The molecule has 0 bridgehead atoms. The average molecular weight is 277 g/mol. The second kappa shape index (κ2) is 6.88. The summed E-state index contributed by atoms with van der Waals surface area (Å²) in [5.41, 5.74) is 1.11. The fourth-order valence-corrected chi connectivity index (χ4v) is 2.34. The summed E-state index contributed by atoms with van der Waals surface area (Å²) in [6.45, 7) is 1.47. The lowest BCUT2D eigenvalue weighted by Crippen LogP contribution is -2.47. The Kier molecular flexibility index (Phi) is 4.92. The number of pyridine rings is 1. The highest BCUT2D eigenvalue weighted by atomic mass is 16.4. The van der Waals surface area contributed by atoms with Gasteiger partial charge < -0.3 is 15.3 Å². The number of nitrogens with zero attached hydrogens (tertiary/aromatic N) is 2. The van der Waals surface area contributed by atoms with Crippen LogP contribution in [0.5, 0.6) is 0 Å². The van der Waals surface area contributed by atoms with E-state index < -0.39 is 11.9 Å². The van der Waals surface area contributed by atoms with Crippen LogP contribution in [0.1, 0.15) is 18.4 Å². The third kappa shape index (κ3) is 3.94. The summed E-state index contributed by atoms with van der Waals surface area (Å²) >= 11 is 0. The van der Waals surface area contributed by atoms with Crippen LogP contribution in [0.25, 0.3) is 0 Å². The first-order valence-corrected chi connectivity index (χ1v) is 6.81. The number of carbonyl (C=O) groups is 2. The van der Waals surface area contributed by atoms with Gasteiger partial charge in [0.05, 0.1) is 5.92 Å². The minimum Gasteiger partial charge on any atom is -0.481 e. The Morgan fingerprint density at radius 1 is 1.40 bits per heavy atom. The Morgan fingerprint density at radius 2 is 2.15 bits per heavy atom. The smallest absolute Gasteiger partial charge is 0.317 e. The molecule has 0 unspecified atom stereocenters.